The molecule has 0 aliphatic heterocycles. The molecule has 0 aliphatic carbocycles. The van der Waals surface area contributed by atoms with Crippen molar-refractivity contribution in [3.63, 3.8) is 0 Å². The Hall–Kier alpha value is -2.72. The van der Waals surface area contributed by atoms with Crippen LogP contribution in [0.1, 0.15) is 11.1 Å². The van der Waals surface area contributed by atoms with E-state index in [1.807, 2.05) is 6.07 Å². The molecule has 1 N–H and O–H groups in total. The first-order valence-electron chi connectivity index (χ1n) is 4.38. The second-order valence-electron chi connectivity index (χ2n) is 2.91. The zero-order chi connectivity index (χ0) is 12.0. The summed E-state index contributed by atoms with van der Waals surface area (Å²) in [6.07, 6.45) is 1.98. The molecule has 0 unspecified atom stereocenters. The van der Waals surface area contributed by atoms with Crippen LogP contribution in [0.4, 0.5) is 0 Å². The quantitative estimate of drug-likeness (QED) is 0.466. The summed E-state index contributed by atoms with van der Waals surface area (Å²) in [5, 5.41) is 24.0. The van der Waals surface area contributed by atoms with Gasteiger partial charge in [0.25, 0.3) is 0 Å². The molecule has 0 fully saturated rings. The van der Waals surface area contributed by atoms with Gasteiger partial charge in [-0.15, -0.1) is 0 Å². The Labute approximate surface area is 92.6 Å². The first-order valence-corrected chi connectivity index (χ1v) is 4.38. The molecule has 76 valence electrons. The number of hydrogen-bond acceptors (Lipinski definition) is 4. The number of allylic oxidation sites excluding steroid dienone is 1. The molecule has 1 rings (SSSR count). The molecule has 0 aromatic heterocycles. The Bertz CT molecular complexity index is 527. The van der Waals surface area contributed by atoms with Crippen molar-refractivity contribution in [2.75, 3.05) is 0 Å². The van der Waals surface area contributed by atoms with E-state index in [1.165, 1.54) is 6.08 Å². The van der Waals surface area contributed by atoms with Gasteiger partial charge in [0.2, 0.25) is 5.78 Å². The average molecular weight is 209 g/mol. The number of hydrogen-bond donors (Lipinski definition) is 1. The van der Waals surface area contributed by atoms with Gasteiger partial charge in [0.15, 0.2) is 0 Å². The van der Waals surface area contributed by atoms with Crippen LogP contribution >= 0.6 is 0 Å². The van der Waals surface area contributed by atoms with Crippen molar-refractivity contribution in [3.05, 3.63) is 41.0 Å². The summed E-state index contributed by atoms with van der Waals surface area (Å²) >= 11 is 0. The van der Waals surface area contributed by atoms with E-state index in [-0.39, 0.29) is 5.57 Å². The predicted octanol–water partition coefficient (Wildman–Crippen LogP) is 1.68. The molecule has 0 saturated carbocycles. The van der Waals surface area contributed by atoms with Gasteiger partial charge in [-0.25, -0.2) is 0 Å². The number of nitrogens with one attached hydrogen (secondary N) is 1. The minimum absolute atomic E-state index is 0.0975. The lowest BCUT2D eigenvalue weighted by Gasteiger charge is -1.94. The minimum Gasteiger partial charge on any atom is -0.305 e. The van der Waals surface area contributed by atoms with Crippen molar-refractivity contribution in [1.82, 2.24) is 0 Å². The Balaban J connectivity index is 3.07. The van der Waals surface area contributed by atoms with Gasteiger partial charge in [-0.3, -0.25) is 4.79 Å². The third kappa shape index (κ3) is 2.63. The first kappa shape index (κ1) is 11.4. The summed E-state index contributed by atoms with van der Waals surface area (Å²) in [7, 11) is 0. The van der Waals surface area contributed by atoms with E-state index in [9.17, 15) is 4.79 Å². The lowest BCUT2D eigenvalue weighted by Crippen LogP contribution is -2.00. The molecule has 0 heterocycles. The van der Waals surface area contributed by atoms with Crippen LogP contribution in [-0.2, 0) is 4.79 Å². The Morgan fingerprint density at radius 1 is 1.25 bits per heavy atom. The fourth-order valence-electron chi connectivity index (χ4n) is 1.06. The van der Waals surface area contributed by atoms with Crippen molar-refractivity contribution in [2.45, 2.75) is 0 Å². The van der Waals surface area contributed by atoms with Gasteiger partial charge < -0.3 is 5.41 Å². The number of Topliss-reactive ketones (excluding diaryl/α,β-unsaturated/α-hetero) is 1. The van der Waals surface area contributed by atoms with Gasteiger partial charge in [0, 0.05) is 0 Å². The van der Waals surface area contributed by atoms with E-state index in [1.54, 1.807) is 30.3 Å². The number of ketones is 1. The van der Waals surface area contributed by atoms with Crippen molar-refractivity contribution in [3.8, 4) is 12.1 Å². The van der Waals surface area contributed by atoms with Crippen molar-refractivity contribution in [2.24, 2.45) is 0 Å². The highest BCUT2D eigenvalue weighted by Gasteiger charge is 2.04. The summed E-state index contributed by atoms with van der Waals surface area (Å²) in [4.78, 5) is 11.1. The van der Waals surface area contributed by atoms with E-state index >= 15 is 0 Å². The molecule has 0 amide bonds. The molecule has 0 bridgehead atoms. The van der Waals surface area contributed by atoms with Crippen LogP contribution in [0.2, 0.25) is 0 Å². The molecular weight excluding hydrogens is 202 g/mol. The highest BCUT2D eigenvalue weighted by Crippen LogP contribution is 2.08. The van der Waals surface area contributed by atoms with Gasteiger partial charge in [0.1, 0.15) is 11.6 Å². The summed E-state index contributed by atoms with van der Waals surface area (Å²) in [5.41, 5.74) is 1.06. The smallest absolute Gasteiger partial charge is 0.213 e. The number of nitriles is 2. The standard InChI is InChI=1S/C12H7N3O/c13-6-10-3-1-9(2-4-10)5-11(7-14)12(16)8-15/h1-5,8,15H. The number of carbonyl (C=O) groups is 1. The van der Waals surface area contributed by atoms with Crippen LogP contribution in [0.25, 0.3) is 6.08 Å². The zero-order valence-corrected chi connectivity index (χ0v) is 8.27. The zero-order valence-electron chi connectivity index (χ0n) is 8.27. The maximum absolute atomic E-state index is 11.1. The molecule has 4 heteroatoms. The molecule has 16 heavy (non-hydrogen) atoms. The lowest BCUT2D eigenvalue weighted by molar-refractivity contribution is -0.109. The van der Waals surface area contributed by atoms with E-state index < -0.39 is 5.78 Å². The molecule has 1 aromatic carbocycles. The molecule has 1 aromatic rings. The predicted molar refractivity (Wildman–Crippen MR) is 58.5 cm³/mol. The van der Waals surface area contributed by atoms with Gasteiger partial charge in [-0.2, -0.15) is 10.5 Å². The molecule has 0 spiro atoms. The monoisotopic (exact) mass is 209 g/mol. The number of nitrogens with zero attached hydrogens (tertiary/aromatic N) is 2. The fraction of sp³-hybridized carbons (Fsp3) is 0. The maximum atomic E-state index is 11.1. The van der Waals surface area contributed by atoms with Crippen LogP contribution in [0.5, 0.6) is 0 Å². The second kappa shape index (κ2) is 5.23. The summed E-state index contributed by atoms with van der Waals surface area (Å²) < 4.78 is 0. The van der Waals surface area contributed by atoms with Crippen LogP contribution in [-0.4, -0.2) is 12.0 Å². The largest absolute Gasteiger partial charge is 0.305 e. The number of rotatable bonds is 3. The molecule has 0 radical (unpaired) electrons. The van der Waals surface area contributed by atoms with Crippen molar-refractivity contribution in [1.29, 1.82) is 15.9 Å². The van der Waals surface area contributed by atoms with Gasteiger partial charge >= 0.3 is 0 Å². The van der Waals surface area contributed by atoms with Crippen LogP contribution in [0.3, 0.4) is 0 Å². The maximum Gasteiger partial charge on any atom is 0.213 e. The van der Waals surface area contributed by atoms with Crippen molar-refractivity contribution >= 4 is 18.1 Å². The fourth-order valence-corrected chi connectivity index (χ4v) is 1.06. The van der Waals surface area contributed by atoms with Crippen LogP contribution in [0.15, 0.2) is 29.8 Å². The Morgan fingerprint density at radius 2 is 1.88 bits per heavy atom. The lowest BCUT2D eigenvalue weighted by atomic mass is 10.1. The number of benzene rings is 1. The highest BCUT2D eigenvalue weighted by atomic mass is 16.1. The van der Waals surface area contributed by atoms with Gasteiger partial charge in [-0.1, -0.05) is 12.1 Å². The third-order valence-electron chi connectivity index (χ3n) is 1.87. The van der Waals surface area contributed by atoms with E-state index in [4.69, 9.17) is 15.9 Å². The average Bonchev–Trinajstić information content (AvgIpc) is 2.35. The molecule has 0 saturated heterocycles. The highest BCUT2D eigenvalue weighted by molar-refractivity contribution is 6.36. The summed E-state index contributed by atoms with van der Waals surface area (Å²) in [5.74, 6) is -0.633. The molecule has 0 atom stereocenters. The topological polar surface area (TPSA) is 88.5 Å². The normalized spacial score (nSPS) is 10.0. The summed E-state index contributed by atoms with van der Waals surface area (Å²) in [6.45, 7) is 0. The summed E-state index contributed by atoms with van der Waals surface area (Å²) in [6, 6.07) is 10.1. The van der Waals surface area contributed by atoms with E-state index in [0.717, 1.165) is 0 Å². The third-order valence-corrected chi connectivity index (χ3v) is 1.87. The van der Waals surface area contributed by atoms with Crippen molar-refractivity contribution < 1.29 is 4.79 Å². The Morgan fingerprint density at radius 3 is 2.31 bits per heavy atom. The van der Waals surface area contributed by atoms with Crippen LogP contribution in [0, 0.1) is 28.1 Å². The minimum atomic E-state index is -0.633. The Kier molecular flexibility index (Phi) is 3.71. The first-order chi connectivity index (χ1) is 7.71. The second-order valence-corrected chi connectivity index (χ2v) is 2.91. The number of carbonyl (C=O) groups excluding carboxylic acids is 1. The van der Waals surface area contributed by atoms with Crippen LogP contribution < -0.4 is 0 Å². The van der Waals surface area contributed by atoms with Gasteiger partial charge in [-0.05, 0) is 23.8 Å². The molecular formula is C12H7N3O. The SMILES string of the molecule is N#CC(=Cc1ccc(C#N)cc1)C(=O)C=N. The molecule has 0 aliphatic rings. The van der Waals surface area contributed by atoms with E-state index in [2.05, 4.69) is 0 Å². The van der Waals surface area contributed by atoms with E-state index in [0.29, 0.717) is 17.3 Å². The van der Waals surface area contributed by atoms with Gasteiger partial charge in [0.05, 0.1) is 17.8 Å². The molecule has 4 nitrogen and oxygen atoms in total.